The van der Waals surface area contributed by atoms with Gasteiger partial charge in [0, 0.05) is 5.56 Å². The van der Waals surface area contributed by atoms with E-state index in [1.807, 2.05) is 0 Å². The van der Waals surface area contributed by atoms with Crippen LogP contribution >= 0.6 is 0 Å². The normalized spacial score (nSPS) is 11.9. The van der Waals surface area contributed by atoms with Crippen LogP contribution in [0.3, 0.4) is 0 Å². The molecule has 7 nitrogen and oxygen atoms in total. The molecule has 0 aliphatic carbocycles. The molecule has 0 aliphatic heterocycles. The van der Waals surface area contributed by atoms with Crippen LogP contribution in [0.1, 0.15) is 17.2 Å². The van der Waals surface area contributed by atoms with E-state index in [4.69, 9.17) is 20.7 Å². The van der Waals surface area contributed by atoms with Crippen LogP contribution < -0.4 is 10.5 Å². The second-order valence-electron chi connectivity index (χ2n) is 3.58. The molecule has 98 valence electrons. The first-order chi connectivity index (χ1) is 8.38. The predicted molar refractivity (Wildman–Crippen MR) is 60.6 cm³/mol. The van der Waals surface area contributed by atoms with Crippen LogP contribution in [0.4, 0.5) is 0 Å². The molecule has 0 heterocycles. The number of ether oxygens (including phenoxy) is 1. The van der Waals surface area contributed by atoms with Gasteiger partial charge in [-0.15, -0.1) is 0 Å². The summed E-state index contributed by atoms with van der Waals surface area (Å²) >= 11 is 0. The zero-order chi connectivity index (χ0) is 13.9. The summed E-state index contributed by atoms with van der Waals surface area (Å²) in [6.45, 7) is 0. The highest BCUT2D eigenvalue weighted by atomic mass is 16.5. The average molecular weight is 255 g/mol. The summed E-state index contributed by atoms with van der Waals surface area (Å²) in [7, 11) is 1.29. The third-order valence-electron chi connectivity index (χ3n) is 2.41. The number of carboxylic acid groups (broad SMARTS) is 2. The van der Waals surface area contributed by atoms with Crippen LogP contribution in [-0.4, -0.2) is 34.4 Å². The molecular formula is C11H13NO6. The van der Waals surface area contributed by atoms with Gasteiger partial charge in [0.15, 0.2) is 11.5 Å². The fourth-order valence-corrected chi connectivity index (χ4v) is 1.58. The summed E-state index contributed by atoms with van der Waals surface area (Å²) in [6.07, 6.45) is -0.437. The Balaban J connectivity index is 3.39. The maximum atomic E-state index is 10.9. The Hall–Kier alpha value is -2.28. The molecule has 5 N–H and O–H groups in total. The molecule has 0 saturated heterocycles. The quantitative estimate of drug-likeness (QED) is 0.587. The highest BCUT2D eigenvalue weighted by Crippen LogP contribution is 2.36. The van der Waals surface area contributed by atoms with E-state index in [1.165, 1.54) is 19.2 Å². The summed E-state index contributed by atoms with van der Waals surface area (Å²) in [5.41, 5.74) is 5.42. The number of aromatic hydroxyl groups is 1. The van der Waals surface area contributed by atoms with Gasteiger partial charge in [-0.25, -0.2) is 0 Å². The number of aliphatic carboxylic acids is 2. The second kappa shape index (κ2) is 5.37. The molecule has 0 spiro atoms. The zero-order valence-corrected chi connectivity index (χ0v) is 9.58. The first-order valence-electron chi connectivity index (χ1n) is 4.97. The number of benzene rings is 1. The van der Waals surface area contributed by atoms with Crippen molar-refractivity contribution in [2.45, 2.75) is 12.5 Å². The van der Waals surface area contributed by atoms with Gasteiger partial charge in [0.1, 0.15) is 6.04 Å². The molecule has 0 radical (unpaired) electrons. The van der Waals surface area contributed by atoms with E-state index in [2.05, 4.69) is 0 Å². The van der Waals surface area contributed by atoms with E-state index in [9.17, 15) is 14.7 Å². The van der Waals surface area contributed by atoms with E-state index in [0.29, 0.717) is 0 Å². The van der Waals surface area contributed by atoms with E-state index in [0.717, 1.165) is 0 Å². The van der Waals surface area contributed by atoms with Gasteiger partial charge in [0.2, 0.25) is 0 Å². The number of rotatable bonds is 5. The Labute approximate surface area is 102 Å². The average Bonchev–Trinajstić information content (AvgIpc) is 2.28. The van der Waals surface area contributed by atoms with Crippen molar-refractivity contribution >= 4 is 11.9 Å². The molecule has 18 heavy (non-hydrogen) atoms. The lowest BCUT2D eigenvalue weighted by molar-refractivity contribution is -0.139. The van der Waals surface area contributed by atoms with E-state index < -0.39 is 30.2 Å². The van der Waals surface area contributed by atoms with Gasteiger partial charge in [0.25, 0.3) is 0 Å². The summed E-state index contributed by atoms with van der Waals surface area (Å²) in [5.74, 6) is -2.94. The molecule has 0 amide bonds. The van der Waals surface area contributed by atoms with Gasteiger partial charge in [-0.05, 0) is 11.6 Å². The van der Waals surface area contributed by atoms with Gasteiger partial charge in [-0.1, -0.05) is 6.07 Å². The monoisotopic (exact) mass is 255 g/mol. The lowest BCUT2D eigenvalue weighted by Crippen LogP contribution is -2.23. The lowest BCUT2D eigenvalue weighted by atomic mass is 9.97. The van der Waals surface area contributed by atoms with E-state index in [-0.39, 0.29) is 16.9 Å². The number of phenolic OH excluding ortho intramolecular Hbond substituents is 1. The first kappa shape index (κ1) is 13.8. The fourth-order valence-electron chi connectivity index (χ4n) is 1.58. The van der Waals surface area contributed by atoms with E-state index in [1.54, 1.807) is 0 Å². The molecule has 7 heteroatoms. The maximum absolute atomic E-state index is 10.9. The number of phenols is 1. The maximum Gasteiger partial charge on any atom is 0.325 e. The van der Waals surface area contributed by atoms with Crippen LogP contribution in [0.2, 0.25) is 0 Å². The Morgan fingerprint density at radius 1 is 1.39 bits per heavy atom. The van der Waals surface area contributed by atoms with Crippen LogP contribution in [0, 0.1) is 0 Å². The highest BCUT2D eigenvalue weighted by Gasteiger charge is 2.25. The molecule has 0 aliphatic rings. The number of hydrogen-bond donors (Lipinski definition) is 4. The van der Waals surface area contributed by atoms with Crippen LogP contribution in [-0.2, 0) is 16.0 Å². The molecular weight excluding hydrogens is 242 g/mol. The molecule has 1 aromatic carbocycles. The van der Waals surface area contributed by atoms with Crippen molar-refractivity contribution < 1.29 is 29.6 Å². The Morgan fingerprint density at radius 2 is 2.00 bits per heavy atom. The summed E-state index contributed by atoms with van der Waals surface area (Å²) in [4.78, 5) is 21.5. The third kappa shape index (κ3) is 2.69. The standard InChI is InChI=1S/C11H13NO6/c1-18-6-3-2-5(4-7(13)14)8(10(6)15)9(12)11(16)17/h2-3,9,15H,4,12H2,1H3,(H,13,14)(H,16,17)/t9-/m0/s1. The topological polar surface area (TPSA) is 130 Å². The zero-order valence-electron chi connectivity index (χ0n) is 9.58. The number of methoxy groups -OCH3 is 1. The van der Waals surface area contributed by atoms with Crippen LogP contribution in [0.5, 0.6) is 11.5 Å². The Kier molecular flexibility index (Phi) is 4.11. The van der Waals surface area contributed by atoms with Gasteiger partial charge in [-0.3, -0.25) is 9.59 Å². The minimum atomic E-state index is -1.52. The largest absolute Gasteiger partial charge is 0.504 e. The first-order valence-corrected chi connectivity index (χ1v) is 4.97. The minimum absolute atomic E-state index is 0.0378. The van der Waals surface area contributed by atoms with Crippen LogP contribution in [0.15, 0.2) is 12.1 Å². The van der Waals surface area contributed by atoms with Crippen molar-refractivity contribution in [1.29, 1.82) is 0 Å². The molecule has 0 aromatic heterocycles. The van der Waals surface area contributed by atoms with Crippen molar-refractivity contribution in [2.24, 2.45) is 5.73 Å². The number of nitrogens with two attached hydrogens (primary N) is 1. The minimum Gasteiger partial charge on any atom is -0.504 e. The van der Waals surface area contributed by atoms with Gasteiger partial charge in [0.05, 0.1) is 13.5 Å². The fraction of sp³-hybridized carbons (Fsp3) is 0.273. The van der Waals surface area contributed by atoms with Crippen molar-refractivity contribution in [1.82, 2.24) is 0 Å². The molecule has 0 saturated carbocycles. The molecule has 1 rings (SSSR count). The van der Waals surface area contributed by atoms with Gasteiger partial charge >= 0.3 is 11.9 Å². The molecule has 1 aromatic rings. The highest BCUT2D eigenvalue weighted by molar-refractivity contribution is 5.79. The lowest BCUT2D eigenvalue weighted by Gasteiger charge is -2.16. The number of carboxylic acids is 2. The van der Waals surface area contributed by atoms with Crippen molar-refractivity contribution in [3.63, 3.8) is 0 Å². The number of hydrogen-bond acceptors (Lipinski definition) is 5. The third-order valence-corrected chi connectivity index (χ3v) is 2.41. The predicted octanol–water partition coefficient (Wildman–Crippen LogP) is 0.112. The molecule has 0 bridgehead atoms. The number of carbonyl (C=O) groups is 2. The van der Waals surface area contributed by atoms with Crippen molar-refractivity contribution in [3.05, 3.63) is 23.3 Å². The summed E-state index contributed by atoms with van der Waals surface area (Å²) < 4.78 is 4.83. The summed E-state index contributed by atoms with van der Waals surface area (Å²) in [6, 6.07) is 1.20. The molecule has 0 fully saturated rings. The molecule has 0 unspecified atom stereocenters. The van der Waals surface area contributed by atoms with Crippen molar-refractivity contribution in [3.8, 4) is 11.5 Å². The smallest absolute Gasteiger partial charge is 0.325 e. The second-order valence-corrected chi connectivity index (χ2v) is 3.58. The SMILES string of the molecule is COc1ccc(CC(=O)O)c([C@H](N)C(=O)O)c1O. The van der Waals surface area contributed by atoms with E-state index >= 15 is 0 Å². The summed E-state index contributed by atoms with van der Waals surface area (Å²) in [5, 5.41) is 27.4. The van der Waals surface area contributed by atoms with Crippen molar-refractivity contribution in [2.75, 3.05) is 7.11 Å². The Bertz CT molecular complexity index is 485. The molecule has 1 atom stereocenters. The van der Waals surface area contributed by atoms with Gasteiger partial charge in [-0.2, -0.15) is 0 Å². The Morgan fingerprint density at radius 3 is 2.44 bits per heavy atom. The van der Waals surface area contributed by atoms with Crippen LogP contribution in [0.25, 0.3) is 0 Å². The van der Waals surface area contributed by atoms with Gasteiger partial charge < -0.3 is 25.8 Å².